The Morgan fingerprint density at radius 2 is 1.79 bits per heavy atom. The van der Waals surface area contributed by atoms with E-state index in [1.54, 1.807) is 7.11 Å². The third kappa shape index (κ3) is 2.44. The Balaban J connectivity index is 0.00000169. The van der Waals surface area contributed by atoms with Crippen LogP contribution in [0, 0.1) is 5.92 Å². The second-order valence-electron chi connectivity index (χ2n) is 7.17. The summed E-state index contributed by atoms with van der Waals surface area (Å²) in [6, 6.07) is 15.7. The maximum atomic E-state index is 6.87. The second kappa shape index (κ2) is 6.42. The summed E-state index contributed by atoms with van der Waals surface area (Å²) in [5, 5.41) is 0. The van der Waals surface area contributed by atoms with Crippen molar-refractivity contribution in [2.45, 2.75) is 44.1 Å². The van der Waals surface area contributed by atoms with E-state index < -0.39 is 0 Å². The van der Waals surface area contributed by atoms with Gasteiger partial charge in [-0.2, -0.15) is 0 Å². The Labute approximate surface area is 150 Å². The van der Waals surface area contributed by atoms with Gasteiger partial charge in [-0.25, -0.2) is 0 Å². The molecule has 128 valence electrons. The third-order valence-corrected chi connectivity index (χ3v) is 6.22. The van der Waals surface area contributed by atoms with Gasteiger partial charge in [0.15, 0.2) is 0 Å². The number of methoxy groups -OCH3 is 1. The molecule has 24 heavy (non-hydrogen) atoms. The SMILES string of the molecule is CC[C@@]12Cc3ccccc3CC(Cc3ccc(OC)cc31)C2N.Cl. The lowest BCUT2D eigenvalue weighted by molar-refractivity contribution is 0.231. The van der Waals surface area contributed by atoms with Gasteiger partial charge >= 0.3 is 0 Å². The zero-order valence-electron chi connectivity index (χ0n) is 14.4. The van der Waals surface area contributed by atoms with Crippen LogP contribution >= 0.6 is 12.4 Å². The molecule has 2 unspecified atom stereocenters. The number of rotatable bonds is 2. The van der Waals surface area contributed by atoms with Gasteiger partial charge in [-0.05, 0) is 66.0 Å². The highest BCUT2D eigenvalue weighted by Gasteiger charge is 2.47. The molecule has 2 aromatic rings. The molecule has 0 saturated carbocycles. The number of halogens is 1. The number of hydrogen-bond acceptors (Lipinski definition) is 2. The van der Waals surface area contributed by atoms with E-state index >= 15 is 0 Å². The average Bonchev–Trinajstić information content (AvgIpc) is 2.67. The summed E-state index contributed by atoms with van der Waals surface area (Å²) in [4.78, 5) is 0. The molecule has 0 heterocycles. The van der Waals surface area contributed by atoms with Gasteiger partial charge < -0.3 is 10.5 Å². The zero-order valence-corrected chi connectivity index (χ0v) is 15.2. The van der Waals surface area contributed by atoms with Crippen molar-refractivity contribution >= 4 is 12.4 Å². The molecule has 3 atom stereocenters. The molecule has 2 N–H and O–H groups in total. The smallest absolute Gasteiger partial charge is 0.119 e. The van der Waals surface area contributed by atoms with Crippen molar-refractivity contribution in [2.75, 3.05) is 7.11 Å². The summed E-state index contributed by atoms with van der Waals surface area (Å²) in [5.74, 6) is 1.47. The molecule has 2 bridgehead atoms. The van der Waals surface area contributed by atoms with E-state index in [9.17, 15) is 0 Å². The summed E-state index contributed by atoms with van der Waals surface area (Å²) in [6.45, 7) is 2.29. The van der Waals surface area contributed by atoms with Crippen molar-refractivity contribution in [3.05, 3.63) is 64.7 Å². The molecular formula is C21H26ClNO. The molecule has 2 aliphatic carbocycles. The van der Waals surface area contributed by atoms with Crippen molar-refractivity contribution < 1.29 is 4.74 Å². The van der Waals surface area contributed by atoms with Crippen LogP contribution in [0.25, 0.3) is 0 Å². The van der Waals surface area contributed by atoms with Crippen molar-refractivity contribution in [3.63, 3.8) is 0 Å². The quantitative estimate of drug-likeness (QED) is 0.892. The van der Waals surface area contributed by atoms with Crippen molar-refractivity contribution in [2.24, 2.45) is 11.7 Å². The summed E-state index contributed by atoms with van der Waals surface area (Å²) in [5.41, 5.74) is 12.7. The fourth-order valence-corrected chi connectivity index (χ4v) is 4.88. The third-order valence-electron chi connectivity index (χ3n) is 6.22. The Bertz CT molecular complexity index is 744. The molecule has 2 aliphatic rings. The van der Waals surface area contributed by atoms with Crippen LogP contribution < -0.4 is 10.5 Å². The first-order chi connectivity index (χ1) is 11.2. The summed E-state index contributed by atoms with van der Waals surface area (Å²) in [7, 11) is 1.74. The van der Waals surface area contributed by atoms with Crippen LogP contribution in [0.15, 0.2) is 42.5 Å². The van der Waals surface area contributed by atoms with Gasteiger partial charge in [-0.15, -0.1) is 12.4 Å². The summed E-state index contributed by atoms with van der Waals surface area (Å²) < 4.78 is 5.50. The predicted molar refractivity (Wildman–Crippen MR) is 101 cm³/mol. The minimum Gasteiger partial charge on any atom is -0.497 e. The van der Waals surface area contributed by atoms with E-state index in [1.165, 1.54) is 22.3 Å². The maximum Gasteiger partial charge on any atom is 0.119 e. The van der Waals surface area contributed by atoms with E-state index in [4.69, 9.17) is 10.5 Å². The Kier molecular flexibility index (Phi) is 4.63. The molecule has 2 nitrogen and oxygen atoms in total. The maximum absolute atomic E-state index is 6.87. The Hall–Kier alpha value is -1.51. The summed E-state index contributed by atoms with van der Waals surface area (Å²) >= 11 is 0. The average molecular weight is 344 g/mol. The number of hydrogen-bond donors (Lipinski definition) is 1. The van der Waals surface area contributed by atoms with Crippen LogP contribution in [0.2, 0.25) is 0 Å². The van der Waals surface area contributed by atoms with Gasteiger partial charge in [-0.1, -0.05) is 37.3 Å². The van der Waals surface area contributed by atoms with E-state index in [1.807, 2.05) is 0 Å². The first-order valence-electron chi connectivity index (χ1n) is 8.67. The van der Waals surface area contributed by atoms with Crippen LogP contribution in [-0.2, 0) is 24.7 Å². The van der Waals surface area contributed by atoms with Gasteiger partial charge in [0.1, 0.15) is 5.75 Å². The molecule has 0 amide bonds. The first kappa shape index (κ1) is 17.3. The molecule has 0 fully saturated rings. The fourth-order valence-electron chi connectivity index (χ4n) is 4.88. The highest BCUT2D eigenvalue weighted by atomic mass is 35.5. The lowest BCUT2D eigenvalue weighted by atomic mass is 9.60. The molecule has 0 saturated heterocycles. The lowest BCUT2D eigenvalue weighted by Gasteiger charge is -2.46. The molecule has 3 heteroatoms. The van der Waals surface area contributed by atoms with Crippen molar-refractivity contribution in [3.8, 4) is 5.75 Å². The van der Waals surface area contributed by atoms with Crippen LogP contribution in [-0.4, -0.2) is 13.2 Å². The van der Waals surface area contributed by atoms with Crippen molar-refractivity contribution in [1.82, 2.24) is 0 Å². The van der Waals surface area contributed by atoms with E-state index in [0.717, 1.165) is 31.4 Å². The first-order valence-corrected chi connectivity index (χ1v) is 8.67. The summed E-state index contributed by atoms with van der Waals surface area (Å²) in [6.07, 6.45) is 4.29. The second-order valence-corrected chi connectivity index (χ2v) is 7.17. The molecule has 0 spiro atoms. The zero-order chi connectivity index (χ0) is 16.0. The van der Waals surface area contributed by atoms with Gasteiger partial charge in [-0.3, -0.25) is 0 Å². The standard InChI is InChI=1S/C21H25NO.ClH/c1-3-21-13-16-7-5-4-6-14(16)10-17(20(21)22)11-15-8-9-18(23-2)12-19(15)21;/h4-9,12,17,20H,3,10-11,13,22H2,1-2H3;1H/t17?,20?,21-;/m1./s1. The van der Waals surface area contributed by atoms with Crippen LogP contribution in [0.4, 0.5) is 0 Å². The van der Waals surface area contributed by atoms with Gasteiger partial charge in [0.05, 0.1) is 7.11 Å². The molecule has 0 radical (unpaired) electrons. The van der Waals surface area contributed by atoms with E-state index in [-0.39, 0.29) is 23.9 Å². The number of nitrogens with two attached hydrogens (primary N) is 1. The van der Waals surface area contributed by atoms with Gasteiger partial charge in [0.25, 0.3) is 0 Å². The number of fused-ring (bicyclic) bond motifs is 5. The minimum absolute atomic E-state index is 0. The monoisotopic (exact) mass is 343 g/mol. The number of benzene rings is 2. The highest BCUT2D eigenvalue weighted by Crippen LogP contribution is 2.48. The van der Waals surface area contributed by atoms with Crippen LogP contribution in [0.1, 0.15) is 35.6 Å². The normalized spacial score (nSPS) is 27.3. The predicted octanol–water partition coefficient (Wildman–Crippen LogP) is 4.06. The Morgan fingerprint density at radius 3 is 2.50 bits per heavy atom. The Morgan fingerprint density at radius 1 is 1.08 bits per heavy atom. The van der Waals surface area contributed by atoms with Crippen LogP contribution in [0.3, 0.4) is 0 Å². The van der Waals surface area contributed by atoms with Gasteiger partial charge in [0.2, 0.25) is 0 Å². The molecule has 0 aliphatic heterocycles. The molecule has 4 rings (SSSR count). The molecule has 2 aromatic carbocycles. The van der Waals surface area contributed by atoms with E-state index in [0.29, 0.717) is 5.92 Å². The van der Waals surface area contributed by atoms with E-state index in [2.05, 4.69) is 49.4 Å². The lowest BCUT2D eigenvalue weighted by Crippen LogP contribution is -2.54. The van der Waals surface area contributed by atoms with Crippen LogP contribution in [0.5, 0.6) is 5.75 Å². The largest absolute Gasteiger partial charge is 0.497 e. The number of ether oxygens (including phenoxy) is 1. The van der Waals surface area contributed by atoms with Gasteiger partial charge in [0, 0.05) is 11.5 Å². The fraction of sp³-hybridized carbons (Fsp3) is 0.429. The topological polar surface area (TPSA) is 35.2 Å². The van der Waals surface area contributed by atoms with Crippen molar-refractivity contribution in [1.29, 1.82) is 0 Å². The molecule has 0 aromatic heterocycles. The highest BCUT2D eigenvalue weighted by molar-refractivity contribution is 5.85. The molecular weight excluding hydrogens is 318 g/mol. The minimum atomic E-state index is 0.